The lowest BCUT2D eigenvalue weighted by Crippen LogP contribution is -2.46. The molecular formula is C34H36N4O6. The highest BCUT2D eigenvalue weighted by Crippen LogP contribution is 2.39. The topological polar surface area (TPSA) is 133 Å². The number of aliphatic carboxylic acids is 1. The molecule has 2 aromatic carbocycles. The van der Waals surface area contributed by atoms with Crippen LogP contribution in [0.4, 0.5) is 0 Å². The van der Waals surface area contributed by atoms with Crippen molar-refractivity contribution in [1.29, 1.82) is 0 Å². The number of aromatic nitrogens is 2. The van der Waals surface area contributed by atoms with Gasteiger partial charge in [0, 0.05) is 40.7 Å². The zero-order valence-corrected chi connectivity index (χ0v) is 25.3. The van der Waals surface area contributed by atoms with Crippen molar-refractivity contribution in [3.63, 3.8) is 0 Å². The van der Waals surface area contributed by atoms with Crippen molar-refractivity contribution in [2.75, 3.05) is 6.61 Å². The van der Waals surface area contributed by atoms with Crippen LogP contribution in [0.5, 0.6) is 0 Å². The molecule has 0 saturated heterocycles. The van der Waals surface area contributed by atoms with Crippen LogP contribution in [0.2, 0.25) is 0 Å². The Labute approximate surface area is 255 Å². The van der Waals surface area contributed by atoms with Gasteiger partial charge in [-0.25, -0.2) is 9.59 Å². The van der Waals surface area contributed by atoms with Gasteiger partial charge in [0.2, 0.25) is 11.2 Å². The van der Waals surface area contributed by atoms with Crippen molar-refractivity contribution >= 4 is 45.2 Å². The molecule has 3 atom stereocenters. The Morgan fingerprint density at radius 2 is 1.45 bits per heavy atom. The Morgan fingerprint density at radius 3 is 2.02 bits per heavy atom. The lowest BCUT2D eigenvalue weighted by molar-refractivity contribution is -0.169. The number of hydrogen-bond donors (Lipinski definition) is 1. The van der Waals surface area contributed by atoms with E-state index in [4.69, 9.17) is 14.4 Å². The molecule has 1 N–H and O–H groups in total. The van der Waals surface area contributed by atoms with E-state index in [0.29, 0.717) is 38.0 Å². The fourth-order valence-corrected chi connectivity index (χ4v) is 5.88. The van der Waals surface area contributed by atoms with Gasteiger partial charge in [-0.1, -0.05) is 67.5 Å². The second-order valence-electron chi connectivity index (χ2n) is 10.7. The number of carbonyl (C=O) groups excluding carboxylic acids is 1. The minimum atomic E-state index is -1.27. The van der Waals surface area contributed by atoms with E-state index in [1.165, 1.54) is 0 Å². The molecule has 0 radical (unpaired) electrons. The van der Waals surface area contributed by atoms with Gasteiger partial charge in [0.25, 0.3) is 0 Å². The minimum absolute atomic E-state index is 0.277. The first-order valence-electron chi connectivity index (χ1n) is 14.9. The molecular weight excluding hydrogens is 560 g/mol. The standard InChI is InChI=1S/2C17H18N2O3/c1-3-17(16(20)21-4-2)11-15(19-22-17)13-9-10-18-14-8-6-5-7-12(13)14;1-3-13-15(19-22-17(13,4-2)16(20)21)12-9-10-18-14-8-6-5-7-11(12)14/h5-10H,3-4,11H2,1-2H3;5-10,13H,3-4H2,1-2H3,(H,20,21). The molecule has 0 amide bonds. The van der Waals surface area contributed by atoms with E-state index in [1.807, 2.05) is 81.4 Å². The number of nitrogens with zero attached hydrogens (tertiary/aromatic N) is 4. The van der Waals surface area contributed by atoms with Crippen LogP contribution in [0.25, 0.3) is 21.8 Å². The number of carboxylic acids is 1. The molecule has 228 valence electrons. The molecule has 4 heterocycles. The first kappa shape index (κ1) is 30.6. The van der Waals surface area contributed by atoms with Gasteiger partial charge < -0.3 is 19.5 Å². The van der Waals surface area contributed by atoms with E-state index in [-0.39, 0.29) is 11.9 Å². The van der Waals surface area contributed by atoms with E-state index in [0.717, 1.165) is 38.6 Å². The summed E-state index contributed by atoms with van der Waals surface area (Å²) in [7, 11) is 0. The average Bonchev–Trinajstić information content (AvgIpc) is 3.68. The van der Waals surface area contributed by atoms with Crippen molar-refractivity contribution in [2.45, 2.75) is 64.6 Å². The van der Waals surface area contributed by atoms with E-state index in [9.17, 15) is 14.7 Å². The van der Waals surface area contributed by atoms with Crippen molar-refractivity contribution < 1.29 is 29.1 Å². The van der Waals surface area contributed by atoms with Crippen molar-refractivity contribution in [3.8, 4) is 0 Å². The number of hydrogen-bond acceptors (Lipinski definition) is 9. The Balaban J connectivity index is 0.000000175. The van der Waals surface area contributed by atoms with Crippen LogP contribution in [0, 0.1) is 5.92 Å². The van der Waals surface area contributed by atoms with Gasteiger partial charge in [-0.15, -0.1) is 0 Å². The lowest BCUT2D eigenvalue weighted by Gasteiger charge is -2.27. The summed E-state index contributed by atoms with van der Waals surface area (Å²) in [5.74, 6) is -1.59. The quantitative estimate of drug-likeness (QED) is 0.234. The Hall–Kier alpha value is -4.86. The van der Waals surface area contributed by atoms with Gasteiger partial charge >= 0.3 is 11.9 Å². The number of para-hydroxylation sites is 2. The molecule has 4 aromatic rings. The summed E-state index contributed by atoms with van der Waals surface area (Å²) in [6.07, 6.45) is 5.42. The predicted octanol–water partition coefficient (Wildman–Crippen LogP) is 6.30. The van der Waals surface area contributed by atoms with Crippen molar-refractivity contribution in [1.82, 2.24) is 9.97 Å². The second kappa shape index (κ2) is 12.8. The lowest BCUT2D eigenvalue weighted by atomic mass is 9.78. The summed E-state index contributed by atoms with van der Waals surface area (Å²) < 4.78 is 5.14. The SMILES string of the molecule is CCC1C(c2ccnc3ccccc23)=NOC1(CC)C(=O)O.CCOC(=O)C1(CC)CC(c2ccnc3ccccc23)=NO1. The average molecular weight is 597 g/mol. The molecule has 6 rings (SSSR count). The second-order valence-corrected chi connectivity index (χ2v) is 10.7. The molecule has 0 aliphatic carbocycles. The minimum Gasteiger partial charge on any atom is -0.478 e. The number of carbonyl (C=O) groups is 2. The third kappa shape index (κ3) is 5.36. The van der Waals surface area contributed by atoms with Gasteiger partial charge in [-0.2, -0.15) is 0 Å². The third-order valence-electron chi connectivity index (χ3n) is 8.38. The van der Waals surface area contributed by atoms with Crippen LogP contribution in [-0.4, -0.2) is 56.2 Å². The van der Waals surface area contributed by atoms with Crippen molar-refractivity contribution in [2.24, 2.45) is 16.2 Å². The van der Waals surface area contributed by atoms with E-state index >= 15 is 0 Å². The number of fused-ring (bicyclic) bond motifs is 2. The number of rotatable bonds is 8. The molecule has 0 fully saturated rings. The first-order valence-corrected chi connectivity index (χ1v) is 14.9. The smallest absolute Gasteiger partial charge is 0.353 e. The van der Waals surface area contributed by atoms with Crippen LogP contribution in [0.3, 0.4) is 0 Å². The van der Waals surface area contributed by atoms with Crippen LogP contribution >= 0.6 is 0 Å². The first-order chi connectivity index (χ1) is 21.3. The Bertz CT molecular complexity index is 1740. The zero-order chi connectivity index (χ0) is 31.3. The Morgan fingerprint density at radius 1 is 0.841 bits per heavy atom. The largest absolute Gasteiger partial charge is 0.478 e. The number of ether oxygens (including phenoxy) is 1. The normalized spacial score (nSPS) is 22.3. The van der Waals surface area contributed by atoms with Gasteiger partial charge in [0.1, 0.15) is 0 Å². The van der Waals surface area contributed by atoms with Crippen LogP contribution < -0.4 is 0 Å². The fourth-order valence-electron chi connectivity index (χ4n) is 5.88. The zero-order valence-electron chi connectivity index (χ0n) is 25.3. The number of pyridine rings is 2. The van der Waals surface area contributed by atoms with E-state index in [2.05, 4.69) is 20.3 Å². The fraction of sp³-hybridized carbons (Fsp3) is 0.353. The maximum Gasteiger partial charge on any atom is 0.353 e. The highest BCUT2D eigenvalue weighted by molar-refractivity contribution is 6.14. The molecule has 10 nitrogen and oxygen atoms in total. The molecule has 0 bridgehead atoms. The summed E-state index contributed by atoms with van der Waals surface area (Å²) >= 11 is 0. The summed E-state index contributed by atoms with van der Waals surface area (Å²) in [4.78, 5) is 43.6. The van der Waals surface area contributed by atoms with Crippen LogP contribution in [0.15, 0.2) is 83.4 Å². The summed E-state index contributed by atoms with van der Waals surface area (Å²) in [6, 6.07) is 19.4. The molecule has 0 saturated carbocycles. The highest BCUT2D eigenvalue weighted by atomic mass is 16.7. The van der Waals surface area contributed by atoms with Crippen LogP contribution in [0.1, 0.15) is 64.5 Å². The van der Waals surface area contributed by atoms with Gasteiger partial charge in [-0.05, 0) is 50.5 Å². The van der Waals surface area contributed by atoms with Crippen molar-refractivity contribution in [3.05, 3.63) is 84.2 Å². The number of carboxylic acid groups (broad SMARTS) is 1. The maximum atomic E-state index is 12.2. The monoisotopic (exact) mass is 596 g/mol. The van der Waals surface area contributed by atoms with Gasteiger partial charge in [0.15, 0.2) is 0 Å². The maximum absolute atomic E-state index is 12.2. The Kier molecular flexibility index (Phi) is 8.89. The van der Waals surface area contributed by atoms with Gasteiger partial charge in [0.05, 0.1) is 35.0 Å². The summed E-state index contributed by atoms with van der Waals surface area (Å²) in [6.45, 7) is 7.80. The third-order valence-corrected chi connectivity index (χ3v) is 8.38. The summed E-state index contributed by atoms with van der Waals surface area (Å²) in [5.41, 5.74) is 2.79. The molecule has 0 spiro atoms. The molecule has 3 unspecified atom stereocenters. The molecule has 10 heteroatoms. The number of esters is 1. The molecule has 2 aliphatic heterocycles. The summed E-state index contributed by atoms with van der Waals surface area (Å²) in [5, 5.41) is 19.9. The van der Waals surface area contributed by atoms with Crippen LogP contribution in [-0.2, 0) is 24.0 Å². The van der Waals surface area contributed by atoms with E-state index < -0.39 is 17.2 Å². The number of oxime groups is 2. The predicted molar refractivity (Wildman–Crippen MR) is 167 cm³/mol. The van der Waals surface area contributed by atoms with Gasteiger partial charge in [-0.3, -0.25) is 9.97 Å². The highest BCUT2D eigenvalue weighted by Gasteiger charge is 2.53. The number of benzene rings is 2. The molecule has 44 heavy (non-hydrogen) atoms. The molecule has 2 aliphatic rings. The molecule has 2 aromatic heterocycles. The van der Waals surface area contributed by atoms with E-state index in [1.54, 1.807) is 19.3 Å².